The van der Waals surface area contributed by atoms with E-state index in [2.05, 4.69) is 18.9 Å². The highest BCUT2D eigenvalue weighted by Crippen LogP contribution is 2.33. The molecule has 1 atom stereocenters. The maximum absolute atomic E-state index is 6.17. The van der Waals surface area contributed by atoms with Crippen molar-refractivity contribution >= 4 is 28.9 Å². The zero-order chi connectivity index (χ0) is 13.3. The summed E-state index contributed by atoms with van der Waals surface area (Å²) in [4.78, 5) is 0. The molecule has 0 aliphatic carbocycles. The zero-order valence-electron chi connectivity index (χ0n) is 10.3. The molecule has 1 heterocycles. The number of hydrogen-bond acceptors (Lipinski definition) is 2. The van der Waals surface area contributed by atoms with Crippen molar-refractivity contribution in [1.29, 1.82) is 0 Å². The van der Waals surface area contributed by atoms with Crippen LogP contribution in [0, 0.1) is 0 Å². The van der Waals surface area contributed by atoms with Crippen LogP contribution in [-0.2, 0) is 0 Å². The first-order valence-electron chi connectivity index (χ1n) is 5.83. The van der Waals surface area contributed by atoms with Gasteiger partial charge in [0, 0.05) is 22.8 Å². The Morgan fingerprint density at radius 1 is 1.39 bits per heavy atom. The topological polar surface area (TPSA) is 43.8 Å². The van der Waals surface area contributed by atoms with Crippen LogP contribution >= 0.6 is 23.2 Å². The van der Waals surface area contributed by atoms with Crippen LogP contribution in [0.1, 0.15) is 26.3 Å². The average Bonchev–Trinajstić information content (AvgIpc) is 2.70. The van der Waals surface area contributed by atoms with Crippen molar-refractivity contribution < 1.29 is 0 Å². The first kappa shape index (κ1) is 13.2. The number of benzene rings is 1. The Bertz CT molecular complexity index is 563. The molecule has 0 radical (unpaired) electrons. The molecule has 0 saturated carbocycles. The molecule has 18 heavy (non-hydrogen) atoms. The highest BCUT2D eigenvalue weighted by atomic mass is 35.5. The summed E-state index contributed by atoms with van der Waals surface area (Å²) in [5.74, 6) is 0. The number of nitrogens with two attached hydrogens (primary N) is 1. The van der Waals surface area contributed by atoms with E-state index in [-0.39, 0.29) is 0 Å². The van der Waals surface area contributed by atoms with Gasteiger partial charge in [-0.1, -0.05) is 30.1 Å². The molecule has 1 aromatic heterocycles. The van der Waals surface area contributed by atoms with Crippen LogP contribution in [0.2, 0.25) is 10.0 Å². The first-order chi connectivity index (χ1) is 8.52. The number of nitrogens with zero attached hydrogens (tertiary/aromatic N) is 2. The lowest BCUT2D eigenvalue weighted by Crippen LogP contribution is -2.04. The molecule has 0 spiro atoms. The van der Waals surface area contributed by atoms with Crippen molar-refractivity contribution in [2.24, 2.45) is 0 Å². The van der Waals surface area contributed by atoms with Gasteiger partial charge in [0.15, 0.2) is 0 Å². The van der Waals surface area contributed by atoms with E-state index in [9.17, 15) is 0 Å². The summed E-state index contributed by atoms with van der Waals surface area (Å²) >= 11 is 12.1. The van der Waals surface area contributed by atoms with Crippen molar-refractivity contribution in [2.45, 2.75) is 26.3 Å². The summed E-state index contributed by atoms with van der Waals surface area (Å²) < 4.78 is 1.87. The Labute approximate surface area is 117 Å². The third-order valence-electron chi connectivity index (χ3n) is 2.99. The van der Waals surface area contributed by atoms with Crippen molar-refractivity contribution in [3.63, 3.8) is 0 Å². The van der Waals surface area contributed by atoms with Crippen molar-refractivity contribution in [3.05, 3.63) is 34.4 Å². The molecule has 3 nitrogen and oxygen atoms in total. The van der Waals surface area contributed by atoms with E-state index in [0.717, 1.165) is 12.0 Å². The second-order valence-electron chi connectivity index (χ2n) is 4.29. The summed E-state index contributed by atoms with van der Waals surface area (Å²) in [7, 11) is 0. The van der Waals surface area contributed by atoms with Crippen molar-refractivity contribution in [1.82, 2.24) is 9.78 Å². The van der Waals surface area contributed by atoms with Crippen LogP contribution in [0.15, 0.2) is 24.4 Å². The molecule has 0 amide bonds. The standard InChI is InChI=1S/C13H15Cl2N3/c1-3-8(2)18-7-12(16)13(17-18)10-5-4-9(14)6-11(10)15/h4-8H,3,16H2,1-2H3. The fourth-order valence-electron chi connectivity index (χ4n) is 1.71. The van der Waals surface area contributed by atoms with Crippen LogP contribution in [0.3, 0.4) is 0 Å². The predicted molar refractivity (Wildman–Crippen MR) is 77.1 cm³/mol. The minimum Gasteiger partial charge on any atom is -0.396 e. The Morgan fingerprint density at radius 2 is 2.11 bits per heavy atom. The number of halogens is 2. The van der Waals surface area contributed by atoms with Crippen LogP contribution in [0.4, 0.5) is 5.69 Å². The monoisotopic (exact) mass is 283 g/mol. The number of rotatable bonds is 3. The Hall–Kier alpha value is -1.19. The van der Waals surface area contributed by atoms with E-state index >= 15 is 0 Å². The van der Waals surface area contributed by atoms with Gasteiger partial charge in [0.1, 0.15) is 5.69 Å². The molecule has 1 aromatic carbocycles. The van der Waals surface area contributed by atoms with Gasteiger partial charge in [0.25, 0.3) is 0 Å². The molecular weight excluding hydrogens is 269 g/mol. The highest BCUT2D eigenvalue weighted by molar-refractivity contribution is 6.36. The predicted octanol–water partition coefficient (Wildman–Crippen LogP) is 4.41. The summed E-state index contributed by atoms with van der Waals surface area (Å²) in [6, 6.07) is 5.63. The SMILES string of the molecule is CCC(C)n1cc(N)c(-c2ccc(Cl)cc2Cl)n1. The van der Waals surface area contributed by atoms with Gasteiger partial charge in [-0.3, -0.25) is 4.68 Å². The van der Waals surface area contributed by atoms with E-state index < -0.39 is 0 Å². The van der Waals surface area contributed by atoms with E-state index in [4.69, 9.17) is 28.9 Å². The number of hydrogen-bond donors (Lipinski definition) is 1. The minimum atomic E-state index is 0.312. The Balaban J connectivity index is 2.47. The number of aromatic nitrogens is 2. The summed E-state index contributed by atoms with van der Waals surface area (Å²) in [5.41, 5.74) is 8.13. The number of anilines is 1. The van der Waals surface area contributed by atoms with Gasteiger partial charge < -0.3 is 5.73 Å². The Morgan fingerprint density at radius 3 is 2.72 bits per heavy atom. The van der Waals surface area contributed by atoms with Gasteiger partial charge in [-0.15, -0.1) is 0 Å². The third-order valence-corrected chi connectivity index (χ3v) is 3.54. The third kappa shape index (κ3) is 2.47. The molecular formula is C13H15Cl2N3. The first-order valence-corrected chi connectivity index (χ1v) is 6.58. The lowest BCUT2D eigenvalue weighted by atomic mass is 10.1. The summed E-state index contributed by atoms with van der Waals surface area (Å²) in [6.07, 6.45) is 2.84. The average molecular weight is 284 g/mol. The fraction of sp³-hybridized carbons (Fsp3) is 0.308. The van der Waals surface area contributed by atoms with Gasteiger partial charge >= 0.3 is 0 Å². The van der Waals surface area contributed by atoms with Gasteiger partial charge in [-0.25, -0.2) is 0 Å². The lowest BCUT2D eigenvalue weighted by molar-refractivity contribution is 0.479. The lowest BCUT2D eigenvalue weighted by Gasteiger charge is -2.08. The largest absolute Gasteiger partial charge is 0.396 e. The van der Waals surface area contributed by atoms with Gasteiger partial charge in [0.2, 0.25) is 0 Å². The van der Waals surface area contributed by atoms with Crippen molar-refractivity contribution in [2.75, 3.05) is 5.73 Å². The molecule has 1 unspecified atom stereocenters. The number of nitrogen functional groups attached to an aromatic ring is 1. The molecule has 0 bridgehead atoms. The van der Waals surface area contributed by atoms with Gasteiger partial charge in [-0.05, 0) is 31.5 Å². The molecule has 2 N–H and O–H groups in total. The molecule has 96 valence electrons. The smallest absolute Gasteiger partial charge is 0.117 e. The van der Waals surface area contributed by atoms with Crippen LogP contribution in [0.5, 0.6) is 0 Å². The minimum absolute atomic E-state index is 0.312. The maximum Gasteiger partial charge on any atom is 0.117 e. The molecule has 2 aromatic rings. The summed E-state index contributed by atoms with van der Waals surface area (Å²) in [6.45, 7) is 4.21. The van der Waals surface area contributed by atoms with E-state index in [0.29, 0.717) is 27.5 Å². The molecule has 0 aliphatic rings. The van der Waals surface area contributed by atoms with Crippen LogP contribution in [0.25, 0.3) is 11.3 Å². The van der Waals surface area contributed by atoms with Crippen LogP contribution < -0.4 is 5.73 Å². The normalized spacial score (nSPS) is 12.7. The highest BCUT2D eigenvalue weighted by Gasteiger charge is 2.14. The van der Waals surface area contributed by atoms with E-state index in [1.807, 2.05) is 16.9 Å². The molecule has 0 aliphatic heterocycles. The Kier molecular flexibility index (Phi) is 3.83. The van der Waals surface area contributed by atoms with E-state index in [1.54, 1.807) is 12.1 Å². The second kappa shape index (κ2) is 5.21. The summed E-state index contributed by atoms with van der Waals surface area (Å²) in [5, 5.41) is 5.66. The van der Waals surface area contributed by atoms with Crippen molar-refractivity contribution in [3.8, 4) is 11.3 Å². The fourth-order valence-corrected chi connectivity index (χ4v) is 2.21. The molecule has 5 heteroatoms. The maximum atomic E-state index is 6.17. The zero-order valence-corrected chi connectivity index (χ0v) is 11.8. The molecule has 0 fully saturated rings. The van der Waals surface area contributed by atoms with Gasteiger partial charge in [-0.2, -0.15) is 5.10 Å². The second-order valence-corrected chi connectivity index (χ2v) is 5.14. The molecule has 2 rings (SSSR count). The van der Waals surface area contributed by atoms with Crippen LogP contribution in [-0.4, -0.2) is 9.78 Å². The van der Waals surface area contributed by atoms with Gasteiger partial charge in [0.05, 0.1) is 10.7 Å². The quantitative estimate of drug-likeness (QED) is 0.907. The molecule has 0 saturated heterocycles. The van der Waals surface area contributed by atoms with E-state index in [1.165, 1.54) is 0 Å².